The summed E-state index contributed by atoms with van der Waals surface area (Å²) in [6, 6.07) is 1.72. The zero-order chi connectivity index (χ0) is 13.1. The fourth-order valence-corrected chi connectivity index (χ4v) is 2.64. The first-order valence-electron chi connectivity index (χ1n) is 6.57. The minimum atomic E-state index is 0.0489. The smallest absolute Gasteiger partial charge is 0.271 e. The lowest BCUT2D eigenvalue weighted by atomic mass is 9.97. The van der Waals surface area contributed by atoms with Crippen LogP contribution in [0.3, 0.4) is 0 Å². The van der Waals surface area contributed by atoms with Crippen molar-refractivity contribution in [2.75, 3.05) is 13.1 Å². The van der Waals surface area contributed by atoms with Gasteiger partial charge in [-0.25, -0.2) is 4.98 Å². The molecule has 19 heavy (non-hydrogen) atoms. The van der Waals surface area contributed by atoms with Crippen LogP contribution in [0.5, 0.6) is 0 Å². The van der Waals surface area contributed by atoms with Crippen molar-refractivity contribution in [3.63, 3.8) is 0 Å². The number of H-pyrrole nitrogens is 1. The summed E-state index contributed by atoms with van der Waals surface area (Å²) in [6.45, 7) is 2.56. The number of imidazole rings is 1. The monoisotopic (exact) mass is 259 g/mol. The molecule has 6 heteroatoms. The summed E-state index contributed by atoms with van der Waals surface area (Å²) in [6.07, 6.45) is 9.41. The molecule has 2 aromatic heterocycles. The van der Waals surface area contributed by atoms with Gasteiger partial charge in [-0.15, -0.1) is 0 Å². The lowest BCUT2D eigenvalue weighted by Crippen LogP contribution is -2.41. The second-order valence-corrected chi connectivity index (χ2v) is 4.99. The van der Waals surface area contributed by atoms with Crippen LogP contribution in [0.4, 0.5) is 0 Å². The predicted octanol–water partition coefficient (Wildman–Crippen LogP) is 1.16. The summed E-state index contributed by atoms with van der Waals surface area (Å²) in [5, 5.41) is 6.57. The van der Waals surface area contributed by atoms with Gasteiger partial charge in [0, 0.05) is 38.2 Å². The molecular formula is C13H17N5O. The molecule has 1 atom stereocenters. The highest BCUT2D eigenvalue weighted by Gasteiger charge is 2.25. The Hall–Kier alpha value is -2.11. The number of carbonyl (C=O) groups is 1. The quantitative estimate of drug-likeness (QED) is 0.899. The minimum absolute atomic E-state index is 0.0489. The Morgan fingerprint density at radius 1 is 1.47 bits per heavy atom. The average molecular weight is 259 g/mol. The lowest BCUT2D eigenvalue weighted by molar-refractivity contribution is 0.0656. The second kappa shape index (κ2) is 5.26. The van der Waals surface area contributed by atoms with E-state index < -0.39 is 0 Å². The average Bonchev–Trinajstić information content (AvgIpc) is 3.11. The Kier molecular flexibility index (Phi) is 3.31. The van der Waals surface area contributed by atoms with E-state index in [1.165, 1.54) is 0 Å². The molecular weight excluding hydrogens is 242 g/mol. The SMILES string of the molecule is O=C(c1ccn[nH]1)N1CCCC(Cn2ccnc2)C1. The predicted molar refractivity (Wildman–Crippen MR) is 69.4 cm³/mol. The van der Waals surface area contributed by atoms with Crippen molar-refractivity contribution >= 4 is 5.91 Å². The van der Waals surface area contributed by atoms with Crippen molar-refractivity contribution in [2.24, 2.45) is 5.92 Å². The first-order chi connectivity index (χ1) is 9.33. The summed E-state index contributed by atoms with van der Waals surface area (Å²) in [4.78, 5) is 18.2. The molecule has 100 valence electrons. The third kappa shape index (κ3) is 2.67. The highest BCUT2D eigenvalue weighted by atomic mass is 16.2. The topological polar surface area (TPSA) is 66.8 Å². The molecule has 0 spiro atoms. The van der Waals surface area contributed by atoms with Crippen LogP contribution >= 0.6 is 0 Å². The Bertz CT molecular complexity index is 519. The summed E-state index contributed by atoms with van der Waals surface area (Å²) >= 11 is 0. The summed E-state index contributed by atoms with van der Waals surface area (Å²) in [5.41, 5.74) is 0.572. The van der Waals surface area contributed by atoms with Gasteiger partial charge in [0.05, 0.1) is 6.33 Å². The van der Waals surface area contributed by atoms with Gasteiger partial charge in [0.2, 0.25) is 0 Å². The van der Waals surface area contributed by atoms with Crippen LogP contribution in [0.2, 0.25) is 0 Å². The maximum atomic E-state index is 12.2. The molecule has 1 aliphatic rings. The zero-order valence-electron chi connectivity index (χ0n) is 10.7. The molecule has 1 aliphatic heterocycles. The summed E-state index contributed by atoms with van der Waals surface area (Å²) in [5.74, 6) is 0.544. The molecule has 0 bridgehead atoms. The molecule has 0 saturated carbocycles. The number of hydrogen-bond donors (Lipinski definition) is 1. The Labute approximate surface area is 111 Å². The molecule has 0 aliphatic carbocycles. The van der Waals surface area contributed by atoms with Crippen molar-refractivity contribution in [1.29, 1.82) is 0 Å². The Morgan fingerprint density at radius 2 is 2.42 bits per heavy atom. The van der Waals surface area contributed by atoms with E-state index in [0.717, 1.165) is 32.5 Å². The van der Waals surface area contributed by atoms with E-state index in [4.69, 9.17) is 0 Å². The van der Waals surface area contributed by atoms with Gasteiger partial charge in [-0.3, -0.25) is 9.89 Å². The van der Waals surface area contributed by atoms with Gasteiger partial charge in [-0.1, -0.05) is 0 Å². The van der Waals surface area contributed by atoms with Gasteiger partial charge in [0.25, 0.3) is 5.91 Å². The fraction of sp³-hybridized carbons (Fsp3) is 0.462. The van der Waals surface area contributed by atoms with Crippen LogP contribution in [0, 0.1) is 5.92 Å². The normalized spacial score (nSPS) is 19.6. The Morgan fingerprint density at radius 3 is 3.16 bits per heavy atom. The highest BCUT2D eigenvalue weighted by molar-refractivity contribution is 5.92. The number of amides is 1. The van der Waals surface area contributed by atoms with E-state index >= 15 is 0 Å². The van der Waals surface area contributed by atoms with E-state index in [1.54, 1.807) is 18.5 Å². The summed E-state index contributed by atoms with van der Waals surface area (Å²) in [7, 11) is 0. The van der Waals surface area contributed by atoms with Crippen LogP contribution in [-0.4, -0.2) is 43.6 Å². The van der Waals surface area contributed by atoms with E-state index in [9.17, 15) is 4.79 Å². The molecule has 2 aromatic rings. The number of rotatable bonds is 3. The van der Waals surface area contributed by atoms with Gasteiger partial charge >= 0.3 is 0 Å². The zero-order valence-corrected chi connectivity index (χ0v) is 10.7. The van der Waals surface area contributed by atoms with Gasteiger partial charge in [-0.2, -0.15) is 5.10 Å². The van der Waals surface area contributed by atoms with Crippen LogP contribution in [0.1, 0.15) is 23.3 Å². The van der Waals surface area contributed by atoms with E-state index in [0.29, 0.717) is 11.6 Å². The lowest BCUT2D eigenvalue weighted by Gasteiger charge is -2.32. The first kappa shape index (κ1) is 12.0. The van der Waals surface area contributed by atoms with E-state index in [-0.39, 0.29) is 5.91 Å². The maximum absolute atomic E-state index is 12.2. The molecule has 6 nitrogen and oxygen atoms in total. The number of likely N-dealkylation sites (tertiary alicyclic amines) is 1. The highest BCUT2D eigenvalue weighted by Crippen LogP contribution is 2.19. The van der Waals surface area contributed by atoms with Crippen molar-refractivity contribution in [3.8, 4) is 0 Å². The van der Waals surface area contributed by atoms with Crippen LogP contribution in [0.25, 0.3) is 0 Å². The number of hydrogen-bond acceptors (Lipinski definition) is 3. The van der Waals surface area contributed by atoms with Crippen LogP contribution in [-0.2, 0) is 6.54 Å². The molecule has 1 unspecified atom stereocenters. The first-order valence-corrected chi connectivity index (χ1v) is 6.57. The van der Waals surface area contributed by atoms with E-state index in [1.807, 2.05) is 17.4 Å². The maximum Gasteiger partial charge on any atom is 0.271 e. The number of nitrogens with one attached hydrogen (secondary N) is 1. The molecule has 1 fully saturated rings. The van der Waals surface area contributed by atoms with Crippen LogP contribution < -0.4 is 0 Å². The number of aromatic amines is 1. The number of nitrogens with zero attached hydrogens (tertiary/aromatic N) is 4. The number of aromatic nitrogens is 4. The third-order valence-electron chi connectivity index (χ3n) is 3.57. The number of piperidine rings is 1. The van der Waals surface area contributed by atoms with Crippen LogP contribution in [0.15, 0.2) is 31.0 Å². The van der Waals surface area contributed by atoms with Crippen molar-refractivity contribution in [2.45, 2.75) is 19.4 Å². The van der Waals surface area contributed by atoms with Gasteiger partial charge in [0.15, 0.2) is 0 Å². The molecule has 3 rings (SSSR count). The molecule has 0 aromatic carbocycles. The third-order valence-corrected chi connectivity index (χ3v) is 3.57. The van der Waals surface area contributed by atoms with Crippen molar-refractivity contribution in [3.05, 3.63) is 36.7 Å². The van der Waals surface area contributed by atoms with Gasteiger partial charge in [-0.05, 0) is 24.8 Å². The van der Waals surface area contributed by atoms with E-state index in [2.05, 4.69) is 19.7 Å². The molecule has 0 radical (unpaired) electrons. The number of carbonyl (C=O) groups excluding carboxylic acids is 1. The molecule has 1 amide bonds. The largest absolute Gasteiger partial charge is 0.337 e. The molecule has 1 saturated heterocycles. The van der Waals surface area contributed by atoms with Gasteiger partial charge in [0.1, 0.15) is 5.69 Å². The van der Waals surface area contributed by atoms with Crippen molar-refractivity contribution < 1.29 is 4.79 Å². The summed E-state index contributed by atoms with van der Waals surface area (Å²) < 4.78 is 2.08. The minimum Gasteiger partial charge on any atom is -0.337 e. The molecule has 3 heterocycles. The molecule has 1 N–H and O–H groups in total. The Balaban J connectivity index is 1.63. The standard InChI is InChI=1S/C13H17N5O/c19-13(12-3-4-15-16-12)18-6-1-2-11(9-18)8-17-7-5-14-10-17/h3-5,7,10-11H,1-2,6,8-9H2,(H,15,16). The second-order valence-electron chi connectivity index (χ2n) is 4.99. The fourth-order valence-electron chi connectivity index (χ4n) is 2.64. The van der Waals surface area contributed by atoms with Gasteiger partial charge < -0.3 is 9.47 Å². The van der Waals surface area contributed by atoms with Crippen molar-refractivity contribution in [1.82, 2.24) is 24.6 Å².